The molecule has 2 aromatic carbocycles. The van der Waals surface area contributed by atoms with Crippen molar-refractivity contribution in [1.82, 2.24) is 4.90 Å². The van der Waals surface area contributed by atoms with Crippen LogP contribution in [-0.4, -0.2) is 24.5 Å². The molecule has 4 heteroatoms. The van der Waals surface area contributed by atoms with Crippen LogP contribution in [0.5, 0.6) is 5.75 Å². The van der Waals surface area contributed by atoms with Crippen LogP contribution in [0.15, 0.2) is 53.0 Å². The van der Waals surface area contributed by atoms with Crippen molar-refractivity contribution in [1.29, 1.82) is 0 Å². The lowest BCUT2D eigenvalue weighted by Crippen LogP contribution is -2.26. The molecular weight excluding hydrogens is 330 g/mol. The van der Waals surface area contributed by atoms with Gasteiger partial charge >= 0.3 is 0 Å². The monoisotopic (exact) mass is 347 g/mol. The number of amides is 1. The van der Waals surface area contributed by atoms with Gasteiger partial charge in [-0.05, 0) is 30.7 Å². The summed E-state index contributed by atoms with van der Waals surface area (Å²) in [4.78, 5) is 14.3. The van der Waals surface area contributed by atoms with Crippen LogP contribution in [0.2, 0.25) is 0 Å². The summed E-state index contributed by atoms with van der Waals surface area (Å²) in [5, 5.41) is 0. The molecule has 0 aliphatic carbocycles. The Labute approximate surface area is 133 Å². The highest BCUT2D eigenvalue weighted by molar-refractivity contribution is 9.10. The fourth-order valence-electron chi connectivity index (χ4n) is 2.08. The largest absolute Gasteiger partial charge is 0.493 e. The number of carbonyl (C=O) groups excluding carboxylic acids is 1. The zero-order chi connectivity index (χ0) is 15.2. The maximum Gasteiger partial charge on any atom is 0.257 e. The van der Waals surface area contributed by atoms with Crippen LogP contribution in [0.4, 0.5) is 0 Å². The molecule has 0 atom stereocenters. The van der Waals surface area contributed by atoms with Crippen molar-refractivity contribution in [2.75, 3.05) is 13.7 Å². The van der Waals surface area contributed by atoms with Gasteiger partial charge in [-0.2, -0.15) is 0 Å². The minimum atomic E-state index is -0.0465. The van der Waals surface area contributed by atoms with E-state index in [1.807, 2.05) is 49.4 Å². The van der Waals surface area contributed by atoms with E-state index < -0.39 is 0 Å². The molecular formula is C17H18BrNO2. The van der Waals surface area contributed by atoms with E-state index in [9.17, 15) is 4.79 Å². The average Bonchev–Trinajstić information content (AvgIpc) is 2.50. The maximum atomic E-state index is 12.6. The van der Waals surface area contributed by atoms with Gasteiger partial charge in [-0.3, -0.25) is 4.79 Å². The van der Waals surface area contributed by atoms with Gasteiger partial charge in [0.2, 0.25) is 0 Å². The first-order valence-electron chi connectivity index (χ1n) is 6.84. The van der Waals surface area contributed by atoms with E-state index in [-0.39, 0.29) is 5.91 Å². The molecule has 1 amide bonds. The Morgan fingerprint density at radius 3 is 2.52 bits per heavy atom. The molecule has 0 radical (unpaired) electrons. The maximum absolute atomic E-state index is 12.6. The van der Waals surface area contributed by atoms with E-state index >= 15 is 0 Å². The van der Waals surface area contributed by atoms with Crippen molar-refractivity contribution in [3.05, 3.63) is 64.1 Å². The van der Waals surface area contributed by atoms with Gasteiger partial charge in [0.15, 0.2) is 0 Å². The number of ether oxygens (including phenoxy) is 1. The summed E-state index contributed by atoms with van der Waals surface area (Å²) in [5.74, 6) is 0.582. The SMILES string of the molecule is CCOc1ccccc1C(=O)N(C)Cc1ccccc1Br. The van der Waals surface area contributed by atoms with E-state index in [2.05, 4.69) is 15.9 Å². The summed E-state index contributed by atoms with van der Waals surface area (Å²) in [5.41, 5.74) is 1.66. The molecule has 110 valence electrons. The number of hydrogen-bond acceptors (Lipinski definition) is 2. The number of carbonyl (C=O) groups is 1. The van der Waals surface area contributed by atoms with E-state index in [1.165, 1.54) is 0 Å². The molecule has 21 heavy (non-hydrogen) atoms. The smallest absolute Gasteiger partial charge is 0.257 e. The summed E-state index contributed by atoms with van der Waals surface area (Å²) >= 11 is 3.51. The Morgan fingerprint density at radius 2 is 1.81 bits per heavy atom. The lowest BCUT2D eigenvalue weighted by Gasteiger charge is -2.19. The van der Waals surface area contributed by atoms with Gasteiger partial charge in [0.25, 0.3) is 5.91 Å². The second-order valence-electron chi connectivity index (χ2n) is 4.68. The summed E-state index contributed by atoms with van der Waals surface area (Å²) < 4.78 is 6.53. The third-order valence-corrected chi connectivity index (χ3v) is 3.90. The number of nitrogens with zero attached hydrogens (tertiary/aromatic N) is 1. The van der Waals surface area contributed by atoms with Crippen LogP contribution in [0, 0.1) is 0 Å². The number of hydrogen-bond donors (Lipinski definition) is 0. The molecule has 2 rings (SSSR count). The molecule has 0 aliphatic heterocycles. The van der Waals surface area contributed by atoms with Gasteiger partial charge in [0.05, 0.1) is 12.2 Å². The van der Waals surface area contributed by atoms with Crippen LogP contribution in [0.25, 0.3) is 0 Å². The van der Waals surface area contributed by atoms with Crippen molar-refractivity contribution in [2.24, 2.45) is 0 Å². The topological polar surface area (TPSA) is 29.5 Å². The molecule has 0 aliphatic rings. The molecule has 0 unspecified atom stereocenters. The van der Waals surface area contributed by atoms with Crippen molar-refractivity contribution in [2.45, 2.75) is 13.5 Å². The zero-order valence-corrected chi connectivity index (χ0v) is 13.8. The van der Waals surface area contributed by atoms with Crippen LogP contribution in [-0.2, 0) is 6.54 Å². The molecule has 0 bridgehead atoms. The Bertz CT molecular complexity index is 628. The second-order valence-corrected chi connectivity index (χ2v) is 5.54. The molecule has 0 saturated heterocycles. The highest BCUT2D eigenvalue weighted by Crippen LogP contribution is 2.22. The van der Waals surface area contributed by atoms with E-state index in [0.717, 1.165) is 10.0 Å². The minimum absolute atomic E-state index is 0.0465. The Morgan fingerprint density at radius 1 is 1.14 bits per heavy atom. The van der Waals surface area contributed by atoms with E-state index in [0.29, 0.717) is 24.5 Å². The molecule has 0 saturated carbocycles. The Kier molecular flexibility index (Phi) is 5.39. The highest BCUT2D eigenvalue weighted by atomic mass is 79.9. The minimum Gasteiger partial charge on any atom is -0.493 e. The lowest BCUT2D eigenvalue weighted by atomic mass is 10.1. The van der Waals surface area contributed by atoms with Gasteiger partial charge in [-0.15, -0.1) is 0 Å². The number of rotatable bonds is 5. The van der Waals surface area contributed by atoms with Gasteiger partial charge in [0, 0.05) is 18.1 Å². The fraction of sp³-hybridized carbons (Fsp3) is 0.235. The molecule has 3 nitrogen and oxygen atoms in total. The molecule has 0 heterocycles. The summed E-state index contributed by atoms with van der Waals surface area (Å²) in [6, 6.07) is 15.2. The average molecular weight is 348 g/mol. The first kappa shape index (κ1) is 15.6. The van der Waals surface area contributed by atoms with Gasteiger partial charge in [-0.25, -0.2) is 0 Å². The zero-order valence-electron chi connectivity index (χ0n) is 12.2. The second kappa shape index (κ2) is 7.27. The van der Waals surface area contributed by atoms with Crippen molar-refractivity contribution < 1.29 is 9.53 Å². The number of halogens is 1. The van der Waals surface area contributed by atoms with Gasteiger partial charge < -0.3 is 9.64 Å². The summed E-state index contributed by atoms with van der Waals surface area (Å²) in [6.07, 6.45) is 0. The van der Waals surface area contributed by atoms with Gasteiger partial charge in [0.1, 0.15) is 5.75 Å². The highest BCUT2D eigenvalue weighted by Gasteiger charge is 2.17. The molecule has 0 spiro atoms. The molecule has 0 N–H and O–H groups in total. The Hall–Kier alpha value is -1.81. The molecule has 0 fully saturated rings. The molecule has 2 aromatic rings. The number of para-hydroxylation sites is 1. The standard InChI is InChI=1S/C17H18BrNO2/c1-3-21-16-11-7-5-9-14(16)17(20)19(2)12-13-8-4-6-10-15(13)18/h4-11H,3,12H2,1-2H3. The van der Waals surface area contributed by atoms with E-state index in [1.54, 1.807) is 18.0 Å². The third-order valence-electron chi connectivity index (χ3n) is 3.13. The predicted molar refractivity (Wildman–Crippen MR) is 87.6 cm³/mol. The fourth-order valence-corrected chi connectivity index (χ4v) is 2.49. The third kappa shape index (κ3) is 3.85. The van der Waals surface area contributed by atoms with Crippen molar-refractivity contribution >= 4 is 21.8 Å². The van der Waals surface area contributed by atoms with Gasteiger partial charge in [-0.1, -0.05) is 46.3 Å². The van der Waals surface area contributed by atoms with Crippen LogP contribution >= 0.6 is 15.9 Å². The summed E-state index contributed by atoms with van der Waals surface area (Å²) in [7, 11) is 1.80. The van der Waals surface area contributed by atoms with Crippen LogP contribution in [0.1, 0.15) is 22.8 Å². The normalized spacial score (nSPS) is 10.2. The van der Waals surface area contributed by atoms with Crippen molar-refractivity contribution in [3.63, 3.8) is 0 Å². The Balaban J connectivity index is 2.18. The van der Waals surface area contributed by atoms with Crippen LogP contribution in [0.3, 0.4) is 0 Å². The first-order chi connectivity index (χ1) is 10.1. The first-order valence-corrected chi connectivity index (χ1v) is 7.63. The lowest BCUT2D eigenvalue weighted by molar-refractivity contribution is 0.0780. The summed E-state index contributed by atoms with van der Waals surface area (Å²) in [6.45, 7) is 2.99. The van der Waals surface area contributed by atoms with E-state index in [4.69, 9.17) is 4.74 Å². The molecule has 0 aromatic heterocycles. The van der Waals surface area contributed by atoms with Crippen molar-refractivity contribution in [3.8, 4) is 5.75 Å². The quantitative estimate of drug-likeness (QED) is 0.814. The van der Waals surface area contributed by atoms with Crippen LogP contribution < -0.4 is 4.74 Å². The number of benzene rings is 2. The predicted octanol–water partition coefficient (Wildman–Crippen LogP) is 4.12.